The molecule has 0 saturated carbocycles. The van der Waals surface area contributed by atoms with Crippen LogP contribution in [-0.2, 0) is 10.0 Å². The fourth-order valence-electron chi connectivity index (χ4n) is 2.74. The molecule has 148 valence electrons. The molecule has 10 heteroatoms. The highest BCUT2D eigenvalue weighted by Crippen LogP contribution is 2.33. The number of pyridine rings is 1. The molecule has 0 bridgehead atoms. The molecule has 0 radical (unpaired) electrons. The van der Waals surface area contributed by atoms with Crippen molar-refractivity contribution in [2.45, 2.75) is 35.9 Å². The number of para-hydroxylation sites is 1. The lowest BCUT2D eigenvalue weighted by molar-refractivity contribution is 0.445. The van der Waals surface area contributed by atoms with Crippen molar-refractivity contribution in [2.75, 3.05) is 13.1 Å². The van der Waals surface area contributed by atoms with E-state index >= 15 is 0 Å². The topological polar surface area (TPSA) is 93.9 Å². The summed E-state index contributed by atoms with van der Waals surface area (Å²) in [5, 5.41) is 12.6. The van der Waals surface area contributed by atoms with E-state index in [0.29, 0.717) is 23.9 Å². The lowest BCUT2D eigenvalue weighted by Gasteiger charge is -2.18. The Morgan fingerprint density at radius 1 is 1.11 bits per heavy atom. The van der Waals surface area contributed by atoms with Gasteiger partial charge in [-0.05, 0) is 41.6 Å². The van der Waals surface area contributed by atoms with Crippen LogP contribution in [0.15, 0.2) is 58.6 Å². The highest BCUT2D eigenvalue weighted by Gasteiger charge is 2.22. The monoisotopic (exact) mass is 418 g/mol. The second-order valence-corrected chi connectivity index (χ2v) is 9.27. The van der Waals surface area contributed by atoms with Gasteiger partial charge in [0.1, 0.15) is 4.90 Å². The molecule has 0 amide bonds. The average Bonchev–Trinajstić information content (AvgIpc) is 3.20. The Hall–Kier alpha value is -2.30. The molecule has 0 aliphatic rings. The molecule has 1 unspecified atom stereocenters. The van der Waals surface area contributed by atoms with Gasteiger partial charge < -0.3 is 0 Å². The van der Waals surface area contributed by atoms with E-state index in [-0.39, 0.29) is 10.1 Å². The van der Waals surface area contributed by atoms with Crippen molar-refractivity contribution in [3.05, 3.63) is 54.5 Å². The summed E-state index contributed by atoms with van der Waals surface area (Å²) in [4.78, 5) is 4.52. The minimum Gasteiger partial charge on any atom is -0.249 e. The molecule has 3 rings (SSSR count). The number of hydrogen-bond acceptors (Lipinski definition) is 7. The molecule has 0 aliphatic heterocycles. The zero-order chi connectivity index (χ0) is 20.1. The number of rotatable bonds is 8. The van der Waals surface area contributed by atoms with Gasteiger partial charge in [-0.25, -0.2) is 13.4 Å². The maximum absolute atomic E-state index is 12.6. The number of aromatic nitrogens is 5. The standard InChI is InChI=1S/C18H22N6O2S2/c1-4-23(5-2)28(25,26)16-11-12-17(19-13-16)27-14(3)18-20-21-22-24(18)15-9-7-6-8-10-15/h6-14H,4-5H2,1-3H3. The SMILES string of the molecule is CCN(CC)S(=O)(=O)c1ccc(SC(C)c2nnnn2-c2ccccc2)nc1. The third kappa shape index (κ3) is 4.23. The molecule has 0 saturated heterocycles. The van der Waals surface area contributed by atoms with Gasteiger partial charge in [0.05, 0.1) is 16.0 Å². The Morgan fingerprint density at radius 3 is 2.43 bits per heavy atom. The van der Waals surface area contributed by atoms with Gasteiger partial charge in [-0.3, -0.25) is 0 Å². The van der Waals surface area contributed by atoms with Crippen molar-refractivity contribution in [3.63, 3.8) is 0 Å². The summed E-state index contributed by atoms with van der Waals surface area (Å²) in [5.74, 6) is 0.692. The van der Waals surface area contributed by atoms with Crippen molar-refractivity contribution in [3.8, 4) is 5.69 Å². The van der Waals surface area contributed by atoms with Gasteiger partial charge in [0, 0.05) is 19.3 Å². The number of nitrogens with zero attached hydrogens (tertiary/aromatic N) is 6. The van der Waals surface area contributed by atoms with E-state index in [1.807, 2.05) is 51.1 Å². The Balaban J connectivity index is 1.78. The predicted octanol–water partition coefficient (Wildman–Crippen LogP) is 2.94. The third-order valence-corrected chi connectivity index (χ3v) is 7.29. The van der Waals surface area contributed by atoms with Crippen LogP contribution in [0.25, 0.3) is 5.69 Å². The summed E-state index contributed by atoms with van der Waals surface area (Å²) in [6.07, 6.45) is 1.41. The highest BCUT2D eigenvalue weighted by molar-refractivity contribution is 7.99. The molecule has 0 spiro atoms. The van der Waals surface area contributed by atoms with Crippen molar-refractivity contribution in [1.29, 1.82) is 0 Å². The van der Waals surface area contributed by atoms with Gasteiger partial charge in [-0.15, -0.1) is 5.10 Å². The quantitative estimate of drug-likeness (QED) is 0.519. The molecular weight excluding hydrogens is 396 g/mol. The van der Waals surface area contributed by atoms with Crippen molar-refractivity contribution >= 4 is 21.8 Å². The summed E-state index contributed by atoms with van der Waals surface area (Å²) >= 11 is 1.47. The molecule has 0 fully saturated rings. The number of sulfonamides is 1. The van der Waals surface area contributed by atoms with Gasteiger partial charge >= 0.3 is 0 Å². The Labute approximate surface area is 169 Å². The molecule has 0 aliphatic carbocycles. The molecule has 3 aromatic rings. The van der Waals surface area contributed by atoms with Crippen LogP contribution in [0.3, 0.4) is 0 Å². The summed E-state index contributed by atoms with van der Waals surface area (Å²) in [6.45, 7) is 6.47. The van der Waals surface area contributed by atoms with E-state index in [1.165, 1.54) is 22.3 Å². The molecule has 8 nitrogen and oxygen atoms in total. The second kappa shape index (κ2) is 8.80. The first-order valence-electron chi connectivity index (χ1n) is 8.94. The van der Waals surface area contributed by atoms with E-state index in [0.717, 1.165) is 5.69 Å². The van der Waals surface area contributed by atoms with Crippen molar-refractivity contribution < 1.29 is 8.42 Å². The van der Waals surface area contributed by atoms with Crippen molar-refractivity contribution in [2.24, 2.45) is 0 Å². The van der Waals surface area contributed by atoms with Crippen LogP contribution in [0.1, 0.15) is 31.8 Å². The largest absolute Gasteiger partial charge is 0.249 e. The normalized spacial score (nSPS) is 13.0. The van der Waals surface area contributed by atoms with Gasteiger partial charge in [0.15, 0.2) is 5.82 Å². The zero-order valence-electron chi connectivity index (χ0n) is 15.9. The van der Waals surface area contributed by atoms with Gasteiger partial charge in [-0.1, -0.05) is 43.8 Å². The lowest BCUT2D eigenvalue weighted by atomic mass is 10.3. The smallest absolute Gasteiger partial charge is 0.244 e. The summed E-state index contributed by atoms with van der Waals surface area (Å²) in [5.41, 5.74) is 0.878. The summed E-state index contributed by atoms with van der Waals surface area (Å²) < 4.78 is 28.2. The number of thioether (sulfide) groups is 1. The third-order valence-electron chi connectivity index (χ3n) is 4.21. The number of benzene rings is 1. The fraction of sp³-hybridized carbons (Fsp3) is 0.333. The molecule has 2 aromatic heterocycles. The average molecular weight is 419 g/mol. The summed E-state index contributed by atoms with van der Waals surface area (Å²) in [7, 11) is -3.51. The molecular formula is C18H22N6O2S2. The second-order valence-electron chi connectivity index (χ2n) is 5.97. The predicted molar refractivity (Wildman–Crippen MR) is 108 cm³/mol. The van der Waals surface area contributed by atoms with E-state index in [1.54, 1.807) is 16.8 Å². The summed E-state index contributed by atoms with van der Waals surface area (Å²) in [6, 6.07) is 13.0. The van der Waals surface area contributed by atoms with Crippen LogP contribution in [0.2, 0.25) is 0 Å². The van der Waals surface area contributed by atoms with Gasteiger partial charge in [0.2, 0.25) is 10.0 Å². The molecule has 0 N–H and O–H groups in total. The number of tetrazole rings is 1. The van der Waals surface area contributed by atoms with Crippen LogP contribution in [0.5, 0.6) is 0 Å². The first-order chi connectivity index (χ1) is 13.5. The number of hydrogen-bond donors (Lipinski definition) is 0. The molecule has 1 aromatic carbocycles. The van der Waals surface area contributed by atoms with Crippen molar-refractivity contribution in [1.82, 2.24) is 29.5 Å². The fourth-order valence-corrected chi connectivity index (χ4v) is 5.01. The van der Waals surface area contributed by atoms with E-state index in [2.05, 4.69) is 20.5 Å². The maximum Gasteiger partial charge on any atom is 0.244 e. The van der Waals surface area contributed by atoms with Gasteiger partial charge in [-0.2, -0.15) is 8.99 Å². The Kier molecular flexibility index (Phi) is 6.42. The zero-order valence-corrected chi connectivity index (χ0v) is 17.6. The minimum absolute atomic E-state index is 0.0760. The van der Waals surface area contributed by atoms with Crippen LogP contribution in [-0.4, -0.2) is 51.0 Å². The Morgan fingerprint density at radius 2 is 1.82 bits per heavy atom. The maximum atomic E-state index is 12.6. The van der Waals surface area contributed by atoms with E-state index in [4.69, 9.17) is 0 Å². The molecule has 2 heterocycles. The van der Waals surface area contributed by atoms with Crippen LogP contribution >= 0.6 is 11.8 Å². The highest BCUT2D eigenvalue weighted by atomic mass is 32.2. The van der Waals surface area contributed by atoms with Crippen LogP contribution in [0.4, 0.5) is 0 Å². The van der Waals surface area contributed by atoms with E-state index < -0.39 is 10.0 Å². The first-order valence-corrected chi connectivity index (χ1v) is 11.3. The van der Waals surface area contributed by atoms with Gasteiger partial charge in [0.25, 0.3) is 0 Å². The molecule has 28 heavy (non-hydrogen) atoms. The minimum atomic E-state index is -3.51. The van der Waals surface area contributed by atoms with Crippen LogP contribution in [0, 0.1) is 0 Å². The lowest BCUT2D eigenvalue weighted by Crippen LogP contribution is -2.30. The Bertz CT molecular complexity index is 1000. The van der Waals surface area contributed by atoms with E-state index in [9.17, 15) is 8.42 Å². The molecule has 1 atom stereocenters. The van der Waals surface area contributed by atoms with Crippen LogP contribution < -0.4 is 0 Å². The first kappa shape index (κ1) is 20.4.